The van der Waals surface area contributed by atoms with E-state index in [4.69, 9.17) is 33.7 Å². The first-order valence-corrected chi connectivity index (χ1v) is 6.97. The molecule has 0 aromatic rings. The summed E-state index contributed by atoms with van der Waals surface area (Å²) in [6.45, 7) is 1.90. The van der Waals surface area contributed by atoms with Crippen molar-refractivity contribution in [1.82, 2.24) is 10.6 Å². The zero-order chi connectivity index (χ0) is 15.0. The molecular formula is C13H17ClN2O3S. The Kier molecular flexibility index (Phi) is 7.28. The number of hydrogen-bond donors (Lipinski definition) is 3. The molecule has 0 saturated carbocycles. The maximum atomic E-state index is 11.2. The number of rotatable bonds is 3. The fourth-order valence-corrected chi connectivity index (χ4v) is 1.99. The number of allylic oxidation sites excluding steroid dienone is 3. The Morgan fingerprint density at radius 1 is 1.50 bits per heavy atom. The van der Waals surface area contributed by atoms with Crippen LogP contribution in [0.15, 0.2) is 34.5 Å². The van der Waals surface area contributed by atoms with Gasteiger partial charge in [0.1, 0.15) is 0 Å². The molecule has 110 valence electrons. The van der Waals surface area contributed by atoms with E-state index in [-0.39, 0.29) is 18.3 Å². The second-order valence-electron chi connectivity index (χ2n) is 3.92. The van der Waals surface area contributed by atoms with Crippen molar-refractivity contribution in [3.63, 3.8) is 0 Å². The summed E-state index contributed by atoms with van der Waals surface area (Å²) < 4.78 is 4.72. The molecule has 0 atom stereocenters. The number of carbonyl (C=O) groups excluding carboxylic acids is 1. The number of aliphatic hydroxyl groups is 1. The van der Waals surface area contributed by atoms with Crippen LogP contribution in [0.2, 0.25) is 0 Å². The van der Waals surface area contributed by atoms with Crippen molar-refractivity contribution in [3.8, 4) is 0 Å². The third kappa shape index (κ3) is 5.73. The Labute approximate surface area is 128 Å². The van der Waals surface area contributed by atoms with Crippen LogP contribution in [0.4, 0.5) is 4.79 Å². The van der Waals surface area contributed by atoms with Gasteiger partial charge in [-0.15, -0.1) is 0 Å². The molecule has 1 aliphatic carbocycles. The number of alkyl carbamates (subject to hydrolysis) is 1. The van der Waals surface area contributed by atoms with Gasteiger partial charge < -0.3 is 15.2 Å². The predicted molar refractivity (Wildman–Crippen MR) is 82.3 cm³/mol. The number of nitrogens with one attached hydrogen (secondary N) is 2. The molecular weight excluding hydrogens is 300 g/mol. The molecule has 0 aromatic heterocycles. The van der Waals surface area contributed by atoms with Crippen molar-refractivity contribution < 1.29 is 14.6 Å². The van der Waals surface area contributed by atoms with E-state index in [0.717, 1.165) is 18.4 Å². The van der Waals surface area contributed by atoms with Crippen LogP contribution in [-0.4, -0.2) is 29.5 Å². The van der Waals surface area contributed by atoms with Crippen molar-refractivity contribution >= 4 is 35.0 Å². The van der Waals surface area contributed by atoms with Crippen LogP contribution in [0.3, 0.4) is 0 Å². The Bertz CT molecular complexity index is 472. The maximum Gasteiger partial charge on any atom is 0.413 e. The lowest BCUT2D eigenvalue weighted by molar-refractivity contribution is 0.158. The highest BCUT2D eigenvalue weighted by molar-refractivity contribution is 7.80. The first-order valence-electron chi connectivity index (χ1n) is 6.19. The van der Waals surface area contributed by atoms with Crippen LogP contribution in [-0.2, 0) is 4.74 Å². The van der Waals surface area contributed by atoms with Crippen LogP contribution in [0.1, 0.15) is 19.8 Å². The van der Waals surface area contributed by atoms with Crippen LogP contribution in [0.5, 0.6) is 0 Å². The molecule has 0 spiro atoms. The smallest absolute Gasteiger partial charge is 0.413 e. The lowest BCUT2D eigenvalue weighted by Gasteiger charge is -2.14. The summed E-state index contributed by atoms with van der Waals surface area (Å²) in [4.78, 5) is 11.2. The Balaban J connectivity index is 2.68. The first-order chi connectivity index (χ1) is 9.56. The second kappa shape index (κ2) is 8.73. The van der Waals surface area contributed by atoms with E-state index in [0.29, 0.717) is 10.7 Å². The third-order valence-electron chi connectivity index (χ3n) is 2.41. The van der Waals surface area contributed by atoms with Crippen LogP contribution >= 0.6 is 23.8 Å². The number of ether oxygens (including phenoxy) is 1. The summed E-state index contributed by atoms with van der Waals surface area (Å²) in [5.41, 5.74) is 1.33. The molecule has 0 radical (unpaired) electrons. The standard InChI is InChI=1S/C13H17ClN2O3S/c1-2-19-13(18)16-12(20)15-11-6-4-3-5-9(8-17)7-10(11)14/h5-7,17H,2-4,8H2,1H3,(H2,15,16,18,20)/b9-5-,10-7?,11-6?. The normalized spacial score (nSPS) is 17.6. The number of amides is 1. The number of hydrogen-bond acceptors (Lipinski definition) is 4. The minimum absolute atomic E-state index is 0.0744. The largest absolute Gasteiger partial charge is 0.450 e. The van der Waals surface area contributed by atoms with Gasteiger partial charge in [0.25, 0.3) is 0 Å². The Morgan fingerprint density at radius 2 is 2.20 bits per heavy atom. The average Bonchev–Trinajstić information content (AvgIpc) is 2.38. The van der Waals surface area contributed by atoms with E-state index in [1.165, 1.54) is 0 Å². The first kappa shape index (κ1) is 16.7. The van der Waals surface area contributed by atoms with Gasteiger partial charge in [0.15, 0.2) is 5.11 Å². The monoisotopic (exact) mass is 316 g/mol. The van der Waals surface area contributed by atoms with Crippen LogP contribution < -0.4 is 10.6 Å². The van der Waals surface area contributed by atoms with Gasteiger partial charge in [0.2, 0.25) is 0 Å². The van der Waals surface area contributed by atoms with E-state index in [1.807, 2.05) is 12.2 Å². The van der Waals surface area contributed by atoms with Crippen molar-refractivity contribution in [2.75, 3.05) is 13.2 Å². The van der Waals surface area contributed by atoms with Crippen LogP contribution in [0.25, 0.3) is 0 Å². The van der Waals surface area contributed by atoms with Gasteiger partial charge in [-0.3, -0.25) is 5.32 Å². The lowest BCUT2D eigenvalue weighted by Crippen LogP contribution is -2.39. The molecule has 0 saturated heterocycles. The van der Waals surface area contributed by atoms with E-state index in [9.17, 15) is 4.79 Å². The van der Waals surface area contributed by atoms with E-state index in [1.54, 1.807) is 13.0 Å². The summed E-state index contributed by atoms with van der Waals surface area (Å²) in [6.07, 6.45) is 6.38. The van der Waals surface area contributed by atoms with E-state index in [2.05, 4.69) is 10.6 Å². The van der Waals surface area contributed by atoms with Crippen molar-refractivity contribution in [2.45, 2.75) is 19.8 Å². The molecule has 0 heterocycles. The number of halogens is 1. The zero-order valence-corrected chi connectivity index (χ0v) is 12.7. The molecule has 1 amide bonds. The summed E-state index contributed by atoms with van der Waals surface area (Å²) in [6, 6.07) is 0. The van der Waals surface area contributed by atoms with Gasteiger partial charge in [0.05, 0.1) is 23.9 Å². The third-order valence-corrected chi connectivity index (χ3v) is 2.93. The number of carbonyl (C=O) groups is 1. The number of thiocarbonyl (C=S) groups is 1. The minimum Gasteiger partial charge on any atom is -0.450 e. The summed E-state index contributed by atoms with van der Waals surface area (Å²) in [7, 11) is 0. The van der Waals surface area contributed by atoms with Gasteiger partial charge in [0, 0.05) is 0 Å². The van der Waals surface area contributed by atoms with Gasteiger partial charge in [-0.05, 0) is 43.6 Å². The fraction of sp³-hybridized carbons (Fsp3) is 0.385. The Morgan fingerprint density at radius 3 is 2.85 bits per heavy atom. The highest BCUT2D eigenvalue weighted by atomic mass is 35.5. The molecule has 20 heavy (non-hydrogen) atoms. The van der Waals surface area contributed by atoms with E-state index >= 15 is 0 Å². The number of aliphatic hydroxyl groups excluding tert-OH is 1. The fourth-order valence-electron chi connectivity index (χ4n) is 1.53. The molecule has 3 N–H and O–H groups in total. The van der Waals surface area contributed by atoms with Gasteiger partial charge in [-0.2, -0.15) is 0 Å². The molecule has 0 unspecified atom stereocenters. The maximum absolute atomic E-state index is 11.2. The van der Waals surface area contributed by atoms with Gasteiger partial charge >= 0.3 is 6.09 Å². The molecule has 7 heteroatoms. The van der Waals surface area contributed by atoms with Gasteiger partial charge in [-0.1, -0.05) is 23.8 Å². The predicted octanol–water partition coefficient (Wildman–Crippen LogP) is 2.33. The second-order valence-corrected chi connectivity index (χ2v) is 4.74. The van der Waals surface area contributed by atoms with Crippen molar-refractivity contribution in [3.05, 3.63) is 34.5 Å². The summed E-state index contributed by atoms with van der Waals surface area (Å²) in [5.74, 6) is 0. The highest BCUT2D eigenvalue weighted by Crippen LogP contribution is 2.19. The lowest BCUT2D eigenvalue weighted by atomic mass is 10.1. The molecule has 0 aromatic carbocycles. The molecule has 5 nitrogen and oxygen atoms in total. The topological polar surface area (TPSA) is 70.6 Å². The quantitative estimate of drug-likeness (QED) is 0.697. The molecule has 0 fully saturated rings. The van der Waals surface area contributed by atoms with Crippen molar-refractivity contribution in [1.29, 1.82) is 0 Å². The highest BCUT2D eigenvalue weighted by Gasteiger charge is 2.10. The average molecular weight is 317 g/mol. The van der Waals surface area contributed by atoms with Crippen molar-refractivity contribution in [2.24, 2.45) is 0 Å². The molecule has 0 bridgehead atoms. The Hall–Kier alpha value is -1.37. The molecule has 1 rings (SSSR count). The molecule has 0 aliphatic heterocycles. The SMILES string of the molecule is CCOC(=O)NC(=S)NC1=CCC/C=C(\CO)C=C1Cl. The van der Waals surface area contributed by atoms with Crippen LogP contribution in [0, 0.1) is 0 Å². The minimum atomic E-state index is -0.618. The summed E-state index contributed by atoms with van der Waals surface area (Å²) >= 11 is 11.2. The van der Waals surface area contributed by atoms with E-state index < -0.39 is 6.09 Å². The summed E-state index contributed by atoms with van der Waals surface area (Å²) in [5, 5.41) is 14.9. The molecule has 1 aliphatic rings. The zero-order valence-electron chi connectivity index (χ0n) is 11.1. The van der Waals surface area contributed by atoms with Gasteiger partial charge in [-0.25, -0.2) is 4.79 Å².